The molecular weight excluding hydrogens is 368 g/mol. The first-order valence-corrected chi connectivity index (χ1v) is 11.2. The van der Waals surface area contributed by atoms with Crippen molar-refractivity contribution in [3.05, 3.63) is 54.4 Å². The van der Waals surface area contributed by atoms with Gasteiger partial charge in [-0.2, -0.15) is 0 Å². The molecule has 1 aromatic carbocycles. The number of aryl methyl sites for hydroxylation is 1. The van der Waals surface area contributed by atoms with Crippen LogP contribution >= 0.6 is 11.8 Å². The number of hydrogen-bond donors (Lipinski definition) is 0. The zero-order chi connectivity index (χ0) is 18.1. The molecule has 0 bridgehead atoms. The first kappa shape index (κ1) is 17.4. The molecule has 1 aliphatic rings. The fraction of sp³-hybridized carbons (Fsp3) is 0.316. The van der Waals surface area contributed by atoms with Gasteiger partial charge in [-0.25, -0.2) is 13.4 Å². The number of aromatic nitrogens is 2. The summed E-state index contributed by atoms with van der Waals surface area (Å²) >= 11 is 1.57. The minimum atomic E-state index is -2.87. The van der Waals surface area contributed by atoms with Crippen LogP contribution in [0.15, 0.2) is 63.2 Å². The molecule has 3 heterocycles. The van der Waals surface area contributed by atoms with Gasteiger partial charge in [0, 0.05) is 23.8 Å². The lowest BCUT2D eigenvalue weighted by molar-refractivity contribution is 0.464. The van der Waals surface area contributed by atoms with E-state index >= 15 is 0 Å². The molecule has 0 aliphatic carbocycles. The lowest BCUT2D eigenvalue weighted by atomic mass is 10.1. The van der Waals surface area contributed by atoms with Crippen molar-refractivity contribution in [2.24, 2.45) is 5.92 Å². The van der Waals surface area contributed by atoms with Gasteiger partial charge in [-0.15, -0.1) is 0 Å². The van der Waals surface area contributed by atoms with Crippen LogP contribution in [0.25, 0.3) is 11.6 Å². The summed E-state index contributed by atoms with van der Waals surface area (Å²) in [6.07, 6.45) is 4.33. The van der Waals surface area contributed by atoms with Crippen molar-refractivity contribution in [3.8, 4) is 11.6 Å². The Kier molecular flexibility index (Phi) is 4.67. The number of sulfone groups is 1. The molecule has 1 fully saturated rings. The SMILES string of the molecule is Cc1ccc(Sc2ccc(-c3nccn3CC3CCS(=O)(=O)C3)o2)cc1. The molecule has 26 heavy (non-hydrogen) atoms. The molecule has 136 valence electrons. The third kappa shape index (κ3) is 3.88. The summed E-state index contributed by atoms with van der Waals surface area (Å²) in [6.45, 7) is 2.71. The van der Waals surface area contributed by atoms with E-state index in [-0.39, 0.29) is 11.7 Å². The zero-order valence-electron chi connectivity index (χ0n) is 14.5. The third-order valence-corrected chi connectivity index (χ3v) is 7.30. The van der Waals surface area contributed by atoms with Crippen molar-refractivity contribution < 1.29 is 12.8 Å². The van der Waals surface area contributed by atoms with Crippen molar-refractivity contribution in [2.45, 2.75) is 29.9 Å². The molecule has 0 amide bonds. The molecule has 2 aromatic heterocycles. The van der Waals surface area contributed by atoms with Crippen LogP contribution in [-0.4, -0.2) is 29.5 Å². The molecule has 5 nitrogen and oxygen atoms in total. The number of nitrogens with zero attached hydrogens (tertiary/aromatic N) is 2. The van der Waals surface area contributed by atoms with Crippen LogP contribution in [0.3, 0.4) is 0 Å². The van der Waals surface area contributed by atoms with Gasteiger partial charge < -0.3 is 8.98 Å². The van der Waals surface area contributed by atoms with E-state index in [0.29, 0.717) is 24.5 Å². The minimum absolute atomic E-state index is 0.143. The Morgan fingerprint density at radius 3 is 2.77 bits per heavy atom. The smallest absolute Gasteiger partial charge is 0.176 e. The van der Waals surface area contributed by atoms with Gasteiger partial charge in [-0.3, -0.25) is 0 Å². The number of benzene rings is 1. The molecule has 0 radical (unpaired) electrons. The second kappa shape index (κ2) is 6.96. The normalized spacial score (nSPS) is 19.0. The van der Waals surface area contributed by atoms with E-state index in [4.69, 9.17) is 4.42 Å². The van der Waals surface area contributed by atoms with Gasteiger partial charge in [-0.1, -0.05) is 29.5 Å². The molecule has 1 atom stereocenters. The summed E-state index contributed by atoms with van der Waals surface area (Å²) in [5.41, 5.74) is 1.23. The highest BCUT2D eigenvalue weighted by Crippen LogP contribution is 2.33. The second-order valence-corrected chi connectivity index (χ2v) is 10.0. The molecule has 1 aliphatic heterocycles. The van der Waals surface area contributed by atoms with Crippen molar-refractivity contribution in [2.75, 3.05) is 11.5 Å². The predicted octanol–water partition coefficient (Wildman–Crippen LogP) is 4.04. The van der Waals surface area contributed by atoms with E-state index in [9.17, 15) is 8.42 Å². The highest BCUT2D eigenvalue weighted by atomic mass is 32.2. The van der Waals surface area contributed by atoms with Gasteiger partial charge in [0.2, 0.25) is 0 Å². The average Bonchev–Trinajstić information content (AvgIpc) is 3.30. The Morgan fingerprint density at radius 1 is 1.23 bits per heavy atom. The van der Waals surface area contributed by atoms with E-state index < -0.39 is 9.84 Å². The topological polar surface area (TPSA) is 65.1 Å². The van der Waals surface area contributed by atoms with Crippen LogP contribution in [0.5, 0.6) is 0 Å². The number of rotatable bonds is 5. The van der Waals surface area contributed by atoms with Crippen molar-refractivity contribution in [1.82, 2.24) is 9.55 Å². The molecule has 7 heteroatoms. The van der Waals surface area contributed by atoms with Gasteiger partial charge in [0.1, 0.15) is 0 Å². The molecule has 1 unspecified atom stereocenters. The molecule has 4 rings (SSSR count). The largest absolute Gasteiger partial charge is 0.446 e. The molecule has 0 saturated carbocycles. The minimum Gasteiger partial charge on any atom is -0.446 e. The summed E-state index contributed by atoms with van der Waals surface area (Å²) in [5.74, 6) is 2.14. The Labute approximate surface area is 157 Å². The van der Waals surface area contributed by atoms with Crippen molar-refractivity contribution in [1.29, 1.82) is 0 Å². The van der Waals surface area contributed by atoms with E-state index in [1.165, 1.54) is 5.56 Å². The molecule has 0 spiro atoms. The van der Waals surface area contributed by atoms with Gasteiger partial charge in [0.15, 0.2) is 26.5 Å². The van der Waals surface area contributed by atoms with Gasteiger partial charge >= 0.3 is 0 Å². The van der Waals surface area contributed by atoms with E-state index in [1.54, 1.807) is 18.0 Å². The van der Waals surface area contributed by atoms with Gasteiger partial charge in [0.25, 0.3) is 0 Å². The maximum atomic E-state index is 11.7. The van der Waals surface area contributed by atoms with E-state index in [0.717, 1.165) is 15.8 Å². The van der Waals surface area contributed by atoms with Crippen LogP contribution in [0.2, 0.25) is 0 Å². The quantitative estimate of drug-likeness (QED) is 0.660. The highest BCUT2D eigenvalue weighted by molar-refractivity contribution is 7.99. The highest BCUT2D eigenvalue weighted by Gasteiger charge is 2.28. The summed E-state index contributed by atoms with van der Waals surface area (Å²) in [7, 11) is -2.87. The Morgan fingerprint density at radius 2 is 2.04 bits per heavy atom. The lowest BCUT2D eigenvalue weighted by Gasteiger charge is -2.10. The second-order valence-electron chi connectivity index (χ2n) is 6.71. The fourth-order valence-electron chi connectivity index (χ4n) is 3.19. The molecule has 0 N–H and O–H groups in total. The fourth-order valence-corrected chi connectivity index (χ4v) is 5.81. The summed E-state index contributed by atoms with van der Waals surface area (Å²) in [5, 5.41) is 0.807. The number of furan rings is 1. The maximum Gasteiger partial charge on any atom is 0.176 e. The third-order valence-electron chi connectivity index (χ3n) is 4.54. The predicted molar refractivity (Wildman–Crippen MR) is 102 cm³/mol. The monoisotopic (exact) mass is 388 g/mol. The van der Waals surface area contributed by atoms with Crippen LogP contribution in [0.1, 0.15) is 12.0 Å². The van der Waals surface area contributed by atoms with E-state index in [2.05, 4.69) is 36.2 Å². The summed E-state index contributed by atoms with van der Waals surface area (Å²) in [4.78, 5) is 5.53. The number of hydrogen-bond acceptors (Lipinski definition) is 5. The summed E-state index contributed by atoms with van der Waals surface area (Å²) < 4.78 is 31.3. The van der Waals surface area contributed by atoms with Crippen molar-refractivity contribution in [3.63, 3.8) is 0 Å². The Hall–Kier alpha value is -1.99. The lowest BCUT2D eigenvalue weighted by Crippen LogP contribution is -2.12. The van der Waals surface area contributed by atoms with Gasteiger partial charge in [-0.05, 0) is 43.5 Å². The number of imidazole rings is 1. The summed E-state index contributed by atoms with van der Waals surface area (Å²) in [6, 6.07) is 12.2. The first-order valence-electron chi connectivity index (χ1n) is 8.55. The standard InChI is InChI=1S/C19H20N2O3S2/c1-14-2-4-16(5-3-14)25-18-7-6-17(24-18)19-20-9-10-21(19)12-15-8-11-26(22,23)13-15/h2-7,9-10,15H,8,11-13H2,1H3. The molecule has 1 saturated heterocycles. The van der Waals surface area contributed by atoms with E-state index in [1.807, 2.05) is 22.9 Å². The maximum absolute atomic E-state index is 11.7. The average molecular weight is 389 g/mol. The van der Waals surface area contributed by atoms with Crippen LogP contribution < -0.4 is 0 Å². The van der Waals surface area contributed by atoms with Crippen LogP contribution in [0.4, 0.5) is 0 Å². The van der Waals surface area contributed by atoms with Crippen molar-refractivity contribution >= 4 is 21.6 Å². The Bertz CT molecular complexity index is 1000. The Balaban J connectivity index is 1.50. The molecule has 3 aromatic rings. The van der Waals surface area contributed by atoms with Gasteiger partial charge in [0.05, 0.1) is 11.5 Å². The molecular formula is C19H20N2O3S2. The van der Waals surface area contributed by atoms with Crippen LogP contribution in [-0.2, 0) is 16.4 Å². The first-order chi connectivity index (χ1) is 12.5. The zero-order valence-corrected chi connectivity index (χ0v) is 16.1. The van der Waals surface area contributed by atoms with Crippen LogP contribution in [0, 0.1) is 12.8 Å².